The van der Waals surface area contributed by atoms with Gasteiger partial charge >= 0.3 is 5.97 Å². The molecule has 1 N–H and O–H groups in total. The first-order valence-corrected chi connectivity index (χ1v) is 5.43. The number of fused-ring (bicyclic) bond motifs is 1. The molecule has 0 radical (unpaired) electrons. The predicted molar refractivity (Wildman–Crippen MR) is 65.5 cm³/mol. The van der Waals surface area contributed by atoms with Crippen LogP contribution in [0.1, 0.15) is 12.2 Å². The highest BCUT2D eigenvalue weighted by Crippen LogP contribution is 2.15. The van der Waals surface area contributed by atoms with Crippen molar-refractivity contribution < 1.29 is 9.90 Å². The number of aromatic nitrogens is 2. The van der Waals surface area contributed by atoms with Gasteiger partial charge in [0.1, 0.15) is 5.82 Å². The average Bonchev–Trinajstić information content (AvgIpc) is 2.68. The second kappa shape index (κ2) is 4.45. The summed E-state index contributed by atoms with van der Waals surface area (Å²) < 4.78 is 1.94. The molecule has 0 spiro atoms. The van der Waals surface area contributed by atoms with Crippen molar-refractivity contribution in [2.75, 3.05) is 19.0 Å². The number of carboxylic acid groups (broad SMARTS) is 1. The Labute approximate surface area is 99.3 Å². The standard InChI is InChI=1S/C12H15N3O2/c1-14(2)10-4-3-9-7-13-11(15(9)8-10)5-6-12(16)17/h3-4,7-8H,5-6H2,1-2H3,(H,16,17). The first-order valence-electron chi connectivity index (χ1n) is 5.43. The predicted octanol–water partition coefficient (Wildman–Crippen LogP) is 1.42. The normalized spacial score (nSPS) is 10.7. The number of imidazole rings is 1. The zero-order valence-corrected chi connectivity index (χ0v) is 9.92. The third-order valence-corrected chi connectivity index (χ3v) is 2.67. The van der Waals surface area contributed by atoms with Gasteiger partial charge < -0.3 is 14.4 Å². The summed E-state index contributed by atoms with van der Waals surface area (Å²) in [5, 5.41) is 8.68. The van der Waals surface area contributed by atoms with Gasteiger partial charge in [-0.25, -0.2) is 4.98 Å². The van der Waals surface area contributed by atoms with E-state index in [9.17, 15) is 4.79 Å². The molecule has 0 atom stereocenters. The first kappa shape index (κ1) is 11.4. The Balaban J connectivity index is 2.36. The van der Waals surface area contributed by atoms with Gasteiger partial charge in [-0.3, -0.25) is 4.79 Å². The fraction of sp³-hybridized carbons (Fsp3) is 0.333. The molecule has 0 saturated heterocycles. The number of hydrogen-bond acceptors (Lipinski definition) is 3. The van der Waals surface area contributed by atoms with E-state index in [0.29, 0.717) is 6.42 Å². The lowest BCUT2D eigenvalue weighted by molar-refractivity contribution is -0.137. The van der Waals surface area contributed by atoms with E-state index in [4.69, 9.17) is 5.11 Å². The number of aliphatic carboxylic acids is 1. The Morgan fingerprint density at radius 1 is 1.47 bits per heavy atom. The highest BCUT2D eigenvalue weighted by Gasteiger charge is 2.07. The largest absolute Gasteiger partial charge is 0.481 e. The number of carbonyl (C=O) groups is 1. The summed E-state index contributed by atoms with van der Waals surface area (Å²) in [5.41, 5.74) is 2.04. The van der Waals surface area contributed by atoms with Crippen LogP contribution in [-0.2, 0) is 11.2 Å². The molecule has 0 bridgehead atoms. The molecule has 0 saturated carbocycles. The van der Waals surface area contributed by atoms with Gasteiger partial charge in [-0.15, -0.1) is 0 Å². The summed E-state index contributed by atoms with van der Waals surface area (Å²) in [6, 6.07) is 3.99. The van der Waals surface area contributed by atoms with Crippen molar-refractivity contribution in [1.82, 2.24) is 9.38 Å². The molecule has 0 aliphatic carbocycles. The average molecular weight is 233 g/mol. The maximum Gasteiger partial charge on any atom is 0.303 e. The molecule has 2 aromatic rings. The molecule has 2 heterocycles. The van der Waals surface area contributed by atoms with Crippen LogP contribution in [0, 0.1) is 0 Å². The van der Waals surface area contributed by atoms with Crippen LogP contribution in [0.2, 0.25) is 0 Å². The Morgan fingerprint density at radius 3 is 2.88 bits per heavy atom. The summed E-state index contributed by atoms with van der Waals surface area (Å²) in [5.74, 6) is -0.0170. The lowest BCUT2D eigenvalue weighted by Crippen LogP contribution is -2.10. The van der Waals surface area contributed by atoms with Crippen molar-refractivity contribution in [1.29, 1.82) is 0 Å². The van der Waals surface area contributed by atoms with Crippen molar-refractivity contribution in [2.45, 2.75) is 12.8 Å². The van der Waals surface area contributed by atoms with Crippen molar-refractivity contribution in [3.63, 3.8) is 0 Å². The molecular weight excluding hydrogens is 218 g/mol. The third-order valence-electron chi connectivity index (χ3n) is 2.67. The Bertz CT molecular complexity index is 546. The molecule has 90 valence electrons. The van der Waals surface area contributed by atoms with Crippen LogP contribution >= 0.6 is 0 Å². The minimum atomic E-state index is -0.800. The fourth-order valence-corrected chi connectivity index (χ4v) is 1.70. The fourth-order valence-electron chi connectivity index (χ4n) is 1.70. The minimum Gasteiger partial charge on any atom is -0.481 e. The van der Waals surface area contributed by atoms with Crippen LogP contribution in [0.5, 0.6) is 0 Å². The van der Waals surface area contributed by atoms with Crippen LogP contribution in [0.25, 0.3) is 5.52 Å². The molecule has 0 aliphatic rings. The van der Waals surface area contributed by atoms with E-state index in [1.807, 2.05) is 41.7 Å². The molecule has 0 aliphatic heterocycles. The Kier molecular flexibility index (Phi) is 2.99. The monoisotopic (exact) mass is 233 g/mol. The van der Waals surface area contributed by atoms with Crippen LogP contribution in [-0.4, -0.2) is 34.6 Å². The maximum atomic E-state index is 10.6. The zero-order valence-electron chi connectivity index (χ0n) is 9.92. The number of pyridine rings is 1. The molecule has 5 heteroatoms. The van der Waals surface area contributed by atoms with Crippen molar-refractivity contribution in [2.24, 2.45) is 0 Å². The van der Waals surface area contributed by atoms with E-state index in [2.05, 4.69) is 4.98 Å². The van der Waals surface area contributed by atoms with E-state index in [1.54, 1.807) is 6.20 Å². The third kappa shape index (κ3) is 2.38. The number of hydrogen-bond donors (Lipinski definition) is 1. The van der Waals surface area contributed by atoms with Crippen LogP contribution in [0.15, 0.2) is 24.5 Å². The highest BCUT2D eigenvalue weighted by molar-refractivity contribution is 5.67. The summed E-state index contributed by atoms with van der Waals surface area (Å²) in [6.45, 7) is 0. The van der Waals surface area contributed by atoms with Gasteiger partial charge in [0, 0.05) is 26.7 Å². The summed E-state index contributed by atoms with van der Waals surface area (Å²) in [4.78, 5) is 16.8. The van der Waals surface area contributed by atoms with E-state index in [0.717, 1.165) is 17.0 Å². The molecule has 5 nitrogen and oxygen atoms in total. The highest BCUT2D eigenvalue weighted by atomic mass is 16.4. The molecule has 2 rings (SSSR count). The Morgan fingerprint density at radius 2 is 2.24 bits per heavy atom. The van der Waals surface area contributed by atoms with E-state index in [1.165, 1.54) is 0 Å². The SMILES string of the molecule is CN(C)c1ccc2cnc(CCC(=O)O)n2c1. The summed E-state index contributed by atoms with van der Waals surface area (Å²) in [7, 11) is 3.93. The molecule has 0 aromatic carbocycles. The van der Waals surface area contributed by atoms with Crippen LogP contribution < -0.4 is 4.90 Å². The van der Waals surface area contributed by atoms with Gasteiger partial charge in [-0.05, 0) is 12.1 Å². The number of carboxylic acids is 1. The van der Waals surface area contributed by atoms with Gasteiger partial charge in [-0.1, -0.05) is 0 Å². The smallest absolute Gasteiger partial charge is 0.303 e. The summed E-state index contributed by atoms with van der Waals surface area (Å²) >= 11 is 0. The number of aryl methyl sites for hydroxylation is 1. The van der Waals surface area contributed by atoms with Gasteiger partial charge in [-0.2, -0.15) is 0 Å². The van der Waals surface area contributed by atoms with Gasteiger partial charge in [0.05, 0.1) is 23.8 Å². The molecule has 0 amide bonds. The zero-order chi connectivity index (χ0) is 12.4. The van der Waals surface area contributed by atoms with Crippen LogP contribution in [0.4, 0.5) is 5.69 Å². The summed E-state index contributed by atoms with van der Waals surface area (Å²) in [6.07, 6.45) is 4.28. The van der Waals surface area contributed by atoms with Crippen molar-refractivity contribution in [3.05, 3.63) is 30.4 Å². The Hall–Kier alpha value is -2.04. The number of rotatable bonds is 4. The lowest BCUT2D eigenvalue weighted by atomic mass is 10.3. The van der Waals surface area contributed by atoms with Crippen molar-refractivity contribution >= 4 is 17.2 Å². The molecule has 17 heavy (non-hydrogen) atoms. The first-order chi connectivity index (χ1) is 8.08. The van der Waals surface area contributed by atoms with Crippen molar-refractivity contribution in [3.8, 4) is 0 Å². The van der Waals surface area contributed by atoms with E-state index < -0.39 is 5.97 Å². The van der Waals surface area contributed by atoms with E-state index in [-0.39, 0.29) is 6.42 Å². The molecule has 2 aromatic heterocycles. The molecular formula is C12H15N3O2. The molecule has 0 unspecified atom stereocenters. The van der Waals surface area contributed by atoms with Gasteiger partial charge in [0.15, 0.2) is 0 Å². The van der Waals surface area contributed by atoms with E-state index >= 15 is 0 Å². The number of anilines is 1. The van der Waals surface area contributed by atoms with Gasteiger partial charge in [0.25, 0.3) is 0 Å². The minimum absolute atomic E-state index is 0.102. The van der Waals surface area contributed by atoms with Gasteiger partial charge in [0.2, 0.25) is 0 Å². The number of nitrogens with zero attached hydrogens (tertiary/aromatic N) is 3. The van der Waals surface area contributed by atoms with Crippen LogP contribution in [0.3, 0.4) is 0 Å². The lowest BCUT2D eigenvalue weighted by Gasteiger charge is -2.12. The quantitative estimate of drug-likeness (QED) is 0.867. The topological polar surface area (TPSA) is 57.8 Å². The molecule has 0 fully saturated rings. The second-order valence-electron chi connectivity index (χ2n) is 4.14. The second-order valence-corrected chi connectivity index (χ2v) is 4.14. The maximum absolute atomic E-state index is 10.6.